The number of carboxylic acids is 2. The molecule has 2 aromatic carbocycles. The van der Waals surface area contributed by atoms with Gasteiger partial charge in [-0.25, -0.2) is 35.9 Å². The standard InChI is InChI=1S/2C13H16F3N.C2H2O4/c2*1-2-3-17-7-10(8-17)13(16)9-4-11(14)6-12(15)5-9;3-1(4)2(5)6/h2*4-6,10,13H,2-3,7-8H2,1H3;(H,3,4)(H,5,6). The number of hydrogen-bond acceptors (Lipinski definition) is 4. The number of aliphatic carboxylic acids is 2. The molecule has 2 fully saturated rings. The normalized spacial score (nSPS) is 17.3. The predicted octanol–water partition coefficient (Wildman–Crippen LogP) is 5.79. The largest absolute Gasteiger partial charge is 0.473 e. The van der Waals surface area contributed by atoms with Crippen LogP contribution < -0.4 is 0 Å². The summed E-state index contributed by atoms with van der Waals surface area (Å²) >= 11 is 0. The van der Waals surface area contributed by atoms with Crippen molar-refractivity contribution in [2.24, 2.45) is 11.8 Å². The molecule has 2 N–H and O–H groups in total. The van der Waals surface area contributed by atoms with E-state index in [9.17, 15) is 26.3 Å². The van der Waals surface area contributed by atoms with Crippen LogP contribution in [0.4, 0.5) is 26.3 Å². The van der Waals surface area contributed by atoms with E-state index in [4.69, 9.17) is 19.8 Å². The van der Waals surface area contributed by atoms with Gasteiger partial charge in [0.1, 0.15) is 35.6 Å². The van der Waals surface area contributed by atoms with Gasteiger partial charge in [0, 0.05) is 50.1 Å². The molecule has 0 spiro atoms. The molecule has 0 aromatic heterocycles. The Morgan fingerprint density at radius 2 is 0.950 bits per heavy atom. The number of carbonyl (C=O) groups is 2. The van der Waals surface area contributed by atoms with Crippen LogP contribution in [0, 0.1) is 35.1 Å². The Balaban J connectivity index is 0.000000234. The summed E-state index contributed by atoms with van der Waals surface area (Å²) in [5, 5.41) is 14.8. The molecule has 40 heavy (non-hydrogen) atoms. The highest BCUT2D eigenvalue weighted by Gasteiger charge is 2.35. The number of halogens is 6. The third-order valence-corrected chi connectivity index (χ3v) is 6.47. The Bertz CT molecular complexity index is 998. The fourth-order valence-electron chi connectivity index (χ4n) is 4.60. The number of hydrogen-bond donors (Lipinski definition) is 2. The van der Waals surface area contributed by atoms with E-state index in [0.717, 1.165) is 62.3 Å². The van der Waals surface area contributed by atoms with E-state index in [0.29, 0.717) is 26.2 Å². The highest BCUT2D eigenvalue weighted by Crippen LogP contribution is 2.34. The summed E-state index contributed by atoms with van der Waals surface area (Å²) in [6, 6.07) is 5.85. The molecule has 6 nitrogen and oxygen atoms in total. The summed E-state index contributed by atoms with van der Waals surface area (Å²) in [5.41, 5.74) is 0.229. The van der Waals surface area contributed by atoms with Gasteiger partial charge in [0.25, 0.3) is 0 Å². The van der Waals surface area contributed by atoms with Gasteiger partial charge in [-0.05, 0) is 61.3 Å². The zero-order valence-corrected chi connectivity index (χ0v) is 22.3. The molecule has 2 heterocycles. The first-order valence-electron chi connectivity index (χ1n) is 13.0. The van der Waals surface area contributed by atoms with Crippen LogP contribution >= 0.6 is 0 Å². The molecule has 2 saturated heterocycles. The molecule has 0 radical (unpaired) electrons. The van der Waals surface area contributed by atoms with E-state index < -0.39 is 47.6 Å². The summed E-state index contributed by atoms with van der Waals surface area (Å²) in [6.45, 7) is 8.76. The quantitative estimate of drug-likeness (QED) is 0.306. The van der Waals surface area contributed by atoms with Gasteiger partial charge < -0.3 is 20.0 Å². The lowest BCUT2D eigenvalue weighted by Crippen LogP contribution is -2.48. The van der Waals surface area contributed by atoms with Crippen molar-refractivity contribution in [3.8, 4) is 0 Å². The molecule has 2 aromatic rings. The molecule has 0 saturated carbocycles. The average molecular weight is 577 g/mol. The number of carboxylic acid groups (broad SMARTS) is 2. The van der Waals surface area contributed by atoms with Gasteiger partial charge in [0.15, 0.2) is 0 Å². The summed E-state index contributed by atoms with van der Waals surface area (Å²) in [6.07, 6.45) is -0.460. The molecule has 222 valence electrons. The number of benzene rings is 2. The fourth-order valence-corrected chi connectivity index (χ4v) is 4.60. The highest BCUT2D eigenvalue weighted by molar-refractivity contribution is 6.27. The second kappa shape index (κ2) is 15.6. The molecule has 4 rings (SSSR count). The van der Waals surface area contributed by atoms with Crippen LogP contribution in [-0.4, -0.2) is 71.2 Å². The Kier molecular flexibility index (Phi) is 12.9. The van der Waals surface area contributed by atoms with Crippen LogP contribution in [-0.2, 0) is 9.59 Å². The van der Waals surface area contributed by atoms with Crippen molar-refractivity contribution in [2.75, 3.05) is 39.3 Å². The molecule has 2 atom stereocenters. The number of nitrogens with zero attached hydrogens (tertiary/aromatic N) is 2. The molecule has 2 aliphatic heterocycles. The molecule has 2 unspecified atom stereocenters. The SMILES string of the molecule is CCCN1CC(C(F)c2cc(F)cc(F)c2)C1.CCCN1CC(C(F)c2cc(F)cc(F)c2)C1.O=C(O)C(=O)O. The van der Waals surface area contributed by atoms with Crippen LogP contribution in [0.15, 0.2) is 36.4 Å². The lowest BCUT2D eigenvalue weighted by molar-refractivity contribution is -0.159. The van der Waals surface area contributed by atoms with Crippen molar-refractivity contribution in [2.45, 2.75) is 39.0 Å². The molecular formula is C28H34F6N2O4. The lowest BCUT2D eigenvalue weighted by Gasteiger charge is -2.40. The summed E-state index contributed by atoms with van der Waals surface area (Å²) in [7, 11) is 0. The highest BCUT2D eigenvalue weighted by atomic mass is 19.2. The van der Waals surface area contributed by atoms with E-state index in [1.807, 2.05) is 0 Å². The monoisotopic (exact) mass is 576 g/mol. The first-order valence-corrected chi connectivity index (χ1v) is 13.0. The van der Waals surface area contributed by atoms with Crippen molar-refractivity contribution in [1.29, 1.82) is 0 Å². The maximum Gasteiger partial charge on any atom is 0.414 e. The van der Waals surface area contributed by atoms with E-state index in [-0.39, 0.29) is 23.0 Å². The van der Waals surface area contributed by atoms with Gasteiger partial charge >= 0.3 is 11.9 Å². The van der Waals surface area contributed by atoms with Crippen molar-refractivity contribution in [3.05, 3.63) is 70.8 Å². The smallest absolute Gasteiger partial charge is 0.414 e. The molecule has 12 heteroatoms. The Morgan fingerprint density at radius 3 is 1.18 bits per heavy atom. The predicted molar refractivity (Wildman–Crippen MR) is 136 cm³/mol. The number of alkyl halides is 2. The van der Waals surface area contributed by atoms with Gasteiger partial charge in [-0.3, -0.25) is 0 Å². The van der Waals surface area contributed by atoms with Crippen LogP contribution in [0.3, 0.4) is 0 Å². The van der Waals surface area contributed by atoms with Gasteiger partial charge in [0.05, 0.1) is 0 Å². The zero-order chi connectivity index (χ0) is 30.0. The Labute approximate surface area is 229 Å². The minimum atomic E-state index is -1.82. The summed E-state index contributed by atoms with van der Waals surface area (Å²) in [4.78, 5) is 22.5. The van der Waals surface area contributed by atoms with Crippen LogP contribution in [0.1, 0.15) is 50.2 Å². The molecule has 2 aliphatic rings. The second-order valence-electron chi connectivity index (χ2n) is 9.86. The van der Waals surface area contributed by atoms with Crippen molar-refractivity contribution >= 4 is 11.9 Å². The fraction of sp³-hybridized carbons (Fsp3) is 0.500. The minimum Gasteiger partial charge on any atom is -0.473 e. The second-order valence-corrected chi connectivity index (χ2v) is 9.86. The first-order chi connectivity index (χ1) is 18.8. The van der Waals surface area contributed by atoms with Crippen LogP contribution in [0.2, 0.25) is 0 Å². The first kappa shape index (κ1) is 33.1. The molecule has 0 aliphatic carbocycles. The Hall–Kier alpha value is -3.12. The third-order valence-electron chi connectivity index (χ3n) is 6.47. The molecular weight excluding hydrogens is 542 g/mol. The summed E-state index contributed by atoms with van der Waals surface area (Å²) in [5.74, 6) is -6.78. The van der Waals surface area contributed by atoms with E-state index in [2.05, 4.69) is 23.6 Å². The van der Waals surface area contributed by atoms with Crippen molar-refractivity contribution in [3.63, 3.8) is 0 Å². The maximum absolute atomic E-state index is 14.0. The number of likely N-dealkylation sites (tertiary alicyclic amines) is 2. The van der Waals surface area contributed by atoms with E-state index in [1.165, 1.54) is 0 Å². The third kappa shape index (κ3) is 10.1. The van der Waals surface area contributed by atoms with Crippen molar-refractivity contribution < 1.29 is 46.1 Å². The van der Waals surface area contributed by atoms with Crippen LogP contribution in [0.5, 0.6) is 0 Å². The lowest BCUT2D eigenvalue weighted by atomic mass is 9.90. The Morgan fingerprint density at radius 1 is 0.675 bits per heavy atom. The van der Waals surface area contributed by atoms with Gasteiger partial charge in [0.2, 0.25) is 0 Å². The van der Waals surface area contributed by atoms with E-state index in [1.54, 1.807) is 0 Å². The van der Waals surface area contributed by atoms with E-state index >= 15 is 0 Å². The van der Waals surface area contributed by atoms with Crippen LogP contribution in [0.25, 0.3) is 0 Å². The van der Waals surface area contributed by atoms with Gasteiger partial charge in [-0.15, -0.1) is 0 Å². The topological polar surface area (TPSA) is 81.1 Å². The van der Waals surface area contributed by atoms with Gasteiger partial charge in [-0.1, -0.05) is 13.8 Å². The van der Waals surface area contributed by atoms with Gasteiger partial charge in [-0.2, -0.15) is 0 Å². The minimum absolute atomic E-state index is 0.114. The number of rotatable bonds is 8. The average Bonchev–Trinajstić information content (AvgIpc) is 2.82. The van der Waals surface area contributed by atoms with Crippen molar-refractivity contribution in [1.82, 2.24) is 9.80 Å². The molecule has 0 bridgehead atoms. The zero-order valence-electron chi connectivity index (χ0n) is 22.3. The maximum atomic E-state index is 14.0. The summed E-state index contributed by atoms with van der Waals surface area (Å²) < 4.78 is 79.8. The molecule has 0 amide bonds.